The first-order valence-electron chi connectivity index (χ1n) is 4.10. The van der Waals surface area contributed by atoms with Gasteiger partial charge < -0.3 is 0 Å². The maximum Gasteiger partial charge on any atom is 0.0936 e. The summed E-state index contributed by atoms with van der Waals surface area (Å²) in [5, 5.41) is 3.45. The van der Waals surface area contributed by atoms with Gasteiger partial charge in [0.2, 0.25) is 0 Å². The van der Waals surface area contributed by atoms with Gasteiger partial charge in [0.05, 0.1) is 6.61 Å². The van der Waals surface area contributed by atoms with Gasteiger partial charge in [-0.25, -0.2) is 5.90 Å². The van der Waals surface area contributed by atoms with E-state index in [0.717, 1.165) is 0 Å². The Morgan fingerprint density at radius 1 is 1.46 bits per heavy atom. The number of benzene rings is 1. The Labute approximate surface area is 80.9 Å². The molecular formula is C10H11NOS. The van der Waals surface area contributed by atoms with Gasteiger partial charge in [0, 0.05) is 10.1 Å². The second kappa shape index (κ2) is 3.46. The van der Waals surface area contributed by atoms with Gasteiger partial charge in [-0.15, -0.1) is 11.3 Å². The van der Waals surface area contributed by atoms with E-state index in [-0.39, 0.29) is 0 Å². The lowest BCUT2D eigenvalue weighted by Crippen LogP contribution is -1.99. The Hall–Kier alpha value is -0.900. The molecule has 68 valence electrons. The summed E-state index contributed by atoms with van der Waals surface area (Å²) in [6.07, 6.45) is 0. The van der Waals surface area contributed by atoms with Crippen molar-refractivity contribution in [3.63, 3.8) is 0 Å². The molecule has 3 heteroatoms. The Kier molecular flexibility index (Phi) is 2.31. The van der Waals surface area contributed by atoms with E-state index in [2.05, 4.69) is 29.3 Å². The molecule has 0 saturated heterocycles. The van der Waals surface area contributed by atoms with Gasteiger partial charge in [-0.05, 0) is 29.5 Å². The Bertz CT molecular complexity index is 422. The predicted octanol–water partition coefficient (Wildman–Crippen LogP) is 2.60. The minimum absolute atomic E-state index is 0.481. The van der Waals surface area contributed by atoms with Crippen molar-refractivity contribution in [2.24, 2.45) is 5.90 Å². The van der Waals surface area contributed by atoms with E-state index in [1.807, 2.05) is 6.07 Å². The lowest BCUT2D eigenvalue weighted by Gasteiger charge is -2.01. The molecule has 0 aliphatic rings. The van der Waals surface area contributed by atoms with Crippen LogP contribution in [0.1, 0.15) is 11.1 Å². The highest BCUT2D eigenvalue weighted by atomic mass is 32.1. The summed E-state index contributed by atoms with van der Waals surface area (Å²) in [7, 11) is 0. The third-order valence-electron chi connectivity index (χ3n) is 2.11. The molecule has 1 aromatic carbocycles. The molecule has 2 nitrogen and oxygen atoms in total. The standard InChI is InChI=1S/C10H11NOS/c1-7-6-13-9-4-2-3-8(5-12-11)10(7)9/h2-4,6H,5,11H2,1H3. The fourth-order valence-corrected chi connectivity index (χ4v) is 2.53. The average molecular weight is 193 g/mol. The average Bonchev–Trinajstić information content (AvgIpc) is 2.50. The fraction of sp³-hybridized carbons (Fsp3) is 0.200. The molecule has 0 aliphatic carbocycles. The summed E-state index contributed by atoms with van der Waals surface area (Å²) in [6, 6.07) is 6.20. The van der Waals surface area contributed by atoms with E-state index < -0.39 is 0 Å². The van der Waals surface area contributed by atoms with E-state index in [4.69, 9.17) is 5.90 Å². The topological polar surface area (TPSA) is 35.2 Å². The van der Waals surface area contributed by atoms with Crippen LogP contribution in [0, 0.1) is 6.92 Å². The molecular weight excluding hydrogens is 182 g/mol. The van der Waals surface area contributed by atoms with Gasteiger partial charge in [-0.1, -0.05) is 12.1 Å². The highest BCUT2D eigenvalue weighted by Gasteiger charge is 2.04. The van der Waals surface area contributed by atoms with Crippen LogP contribution in [0.4, 0.5) is 0 Å². The Balaban J connectivity index is 2.65. The molecule has 0 fully saturated rings. The molecule has 0 aliphatic heterocycles. The monoisotopic (exact) mass is 193 g/mol. The third-order valence-corrected chi connectivity index (χ3v) is 3.17. The molecule has 0 saturated carbocycles. The minimum atomic E-state index is 0.481. The fourth-order valence-electron chi connectivity index (χ4n) is 1.54. The molecule has 0 unspecified atom stereocenters. The van der Waals surface area contributed by atoms with Crippen molar-refractivity contribution in [3.8, 4) is 0 Å². The molecule has 13 heavy (non-hydrogen) atoms. The van der Waals surface area contributed by atoms with E-state index in [0.29, 0.717) is 6.61 Å². The smallest absolute Gasteiger partial charge is 0.0936 e. The number of fused-ring (bicyclic) bond motifs is 1. The summed E-state index contributed by atoms with van der Waals surface area (Å²) < 4.78 is 1.30. The lowest BCUT2D eigenvalue weighted by atomic mass is 10.1. The predicted molar refractivity (Wildman–Crippen MR) is 55.5 cm³/mol. The zero-order valence-electron chi connectivity index (χ0n) is 7.41. The van der Waals surface area contributed by atoms with Crippen LogP contribution in [0.25, 0.3) is 10.1 Å². The first kappa shape index (κ1) is 8.69. The summed E-state index contributed by atoms with van der Waals surface area (Å²) in [5.74, 6) is 5.07. The molecule has 0 amide bonds. The summed E-state index contributed by atoms with van der Waals surface area (Å²) in [5.41, 5.74) is 2.46. The quantitative estimate of drug-likeness (QED) is 0.744. The number of nitrogens with two attached hydrogens (primary N) is 1. The normalized spacial score (nSPS) is 10.9. The van der Waals surface area contributed by atoms with E-state index in [1.54, 1.807) is 11.3 Å². The number of hydrogen-bond donors (Lipinski definition) is 1. The van der Waals surface area contributed by atoms with Crippen molar-refractivity contribution in [1.82, 2.24) is 0 Å². The maximum absolute atomic E-state index is 5.07. The van der Waals surface area contributed by atoms with Gasteiger partial charge in [0.15, 0.2) is 0 Å². The summed E-state index contributed by atoms with van der Waals surface area (Å²) in [6.45, 7) is 2.59. The van der Waals surface area contributed by atoms with Crippen molar-refractivity contribution >= 4 is 21.4 Å². The molecule has 0 bridgehead atoms. The summed E-state index contributed by atoms with van der Waals surface area (Å²) in [4.78, 5) is 4.66. The van der Waals surface area contributed by atoms with Crippen LogP contribution in [0.3, 0.4) is 0 Å². The van der Waals surface area contributed by atoms with Gasteiger partial charge in [-0.2, -0.15) is 0 Å². The highest BCUT2D eigenvalue weighted by molar-refractivity contribution is 7.17. The van der Waals surface area contributed by atoms with Gasteiger partial charge >= 0.3 is 0 Å². The molecule has 1 heterocycles. The summed E-state index contributed by atoms with van der Waals surface area (Å²) >= 11 is 1.76. The molecule has 1 aromatic heterocycles. The second-order valence-electron chi connectivity index (χ2n) is 3.02. The van der Waals surface area contributed by atoms with Gasteiger partial charge in [-0.3, -0.25) is 4.84 Å². The number of thiophene rings is 1. The van der Waals surface area contributed by atoms with Crippen molar-refractivity contribution in [3.05, 3.63) is 34.7 Å². The molecule has 2 N–H and O–H groups in total. The zero-order chi connectivity index (χ0) is 9.26. The Morgan fingerprint density at radius 3 is 3.08 bits per heavy atom. The van der Waals surface area contributed by atoms with E-state index in [1.165, 1.54) is 21.2 Å². The maximum atomic E-state index is 5.07. The molecule has 2 aromatic rings. The number of hydrogen-bond acceptors (Lipinski definition) is 3. The van der Waals surface area contributed by atoms with Crippen LogP contribution < -0.4 is 5.90 Å². The first-order chi connectivity index (χ1) is 6.33. The Morgan fingerprint density at radius 2 is 2.31 bits per heavy atom. The highest BCUT2D eigenvalue weighted by Crippen LogP contribution is 2.28. The molecule has 0 radical (unpaired) electrons. The van der Waals surface area contributed by atoms with Gasteiger partial charge in [0.25, 0.3) is 0 Å². The number of rotatable bonds is 2. The van der Waals surface area contributed by atoms with Crippen LogP contribution in [-0.2, 0) is 11.4 Å². The van der Waals surface area contributed by atoms with Crippen LogP contribution in [0.5, 0.6) is 0 Å². The molecule has 2 rings (SSSR count). The van der Waals surface area contributed by atoms with Crippen LogP contribution in [0.15, 0.2) is 23.6 Å². The number of aryl methyl sites for hydroxylation is 1. The van der Waals surface area contributed by atoms with E-state index >= 15 is 0 Å². The van der Waals surface area contributed by atoms with Crippen molar-refractivity contribution in [2.75, 3.05) is 0 Å². The van der Waals surface area contributed by atoms with E-state index in [9.17, 15) is 0 Å². The van der Waals surface area contributed by atoms with Gasteiger partial charge in [0.1, 0.15) is 0 Å². The molecule has 0 atom stereocenters. The minimum Gasteiger partial charge on any atom is -0.300 e. The van der Waals surface area contributed by atoms with Crippen molar-refractivity contribution in [1.29, 1.82) is 0 Å². The van der Waals surface area contributed by atoms with Crippen molar-refractivity contribution in [2.45, 2.75) is 13.5 Å². The second-order valence-corrected chi connectivity index (χ2v) is 3.93. The third kappa shape index (κ3) is 1.46. The van der Waals surface area contributed by atoms with Crippen molar-refractivity contribution < 1.29 is 4.84 Å². The van der Waals surface area contributed by atoms with Crippen LogP contribution in [0.2, 0.25) is 0 Å². The zero-order valence-corrected chi connectivity index (χ0v) is 8.23. The molecule has 0 spiro atoms. The first-order valence-corrected chi connectivity index (χ1v) is 4.98. The largest absolute Gasteiger partial charge is 0.300 e. The lowest BCUT2D eigenvalue weighted by molar-refractivity contribution is 0.125. The van der Waals surface area contributed by atoms with Crippen LogP contribution >= 0.6 is 11.3 Å². The SMILES string of the molecule is Cc1csc2cccc(CON)c12. The van der Waals surface area contributed by atoms with Crippen LogP contribution in [-0.4, -0.2) is 0 Å².